The molecule has 1 heterocycles. The van der Waals surface area contributed by atoms with Crippen molar-refractivity contribution in [2.75, 3.05) is 11.1 Å². The van der Waals surface area contributed by atoms with Gasteiger partial charge in [0.2, 0.25) is 5.91 Å². The minimum atomic E-state index is -0.282. The molecule has 1 fully saturated rings. The van der Waals surface area contributed by atoms with Crippen molar-refractivity contribution >= 4 is 69.1 Å². The van der Waals surface area contributed by atoms with Crippen LogP contribution in [0.4, 0.5) is 5.69 Å². The fourth-order valence-electron chi connectivity index (χ4n) is 2.82. The van der Waals surface area contributed by atoms with Crippen molar-refractivity contribution in [1.82, 2.24) is 9.55 Å². The zero-order chi connectivity index (χ0) is 19.8. The number of aromatic nitrogens is 2. The highest BCUT2D eigenvalue weighted by molar-refractivity contribution is 7.99. The van der Waals surface area contributed by atoms with Gasteiger partial charge < -0.3 is 5.32 Å². The lowest BCUT2D eigenvalue weighted by molar-refractivity contribution is -0.113. The number of anilines is 1. The lowest BCUT2D eigenvalue weighted by Gasteiger charge is -2.13. The molecule has 2 aromatic carbocycles. The molecule has 144 valence electrons. The van der Waals surface area contributed by atoms with Gasteiger partial charge in [-0.05, 0) is 37.1 Å². The Morgan fingerprint density at radius 2 is 1.86 bits per heavy atom. The highest BCUT2D eigenvalue weighted by Gasteiger charge is 2.28. The summed E-state index contributed by atoms with van der Waals surface area (Å²) in [6.45, 7) is 0. The number of rotatable bonds is 5. The number of hydrogen-bond donors (Lipinski definition) is 1. The molecule has 1 N–H and O–H groups in total. The maximum absolute atomic E-state index is 12.8. The van der Waals surface area contributed by atoms with E-state index < -0.39 is 0 Å². The Hall–Kier alpha value is -1.73. The lowest BCUT2D eigenvalue weighted by atomic mass is 10.2. The van der Waals surface area contributed by atoms with Crippen LogP contribution < -0.4 is 10.9 Å². The first-order valence-electron chi connectivity index (χ1n) is 8.52. The molecule has 0 spiro atoms. The number of fused-ring (bicyclic) bond motifs is 1. The highest BCUT2D eigenvalue weighted by Crippen LogP contribution is 2.37. The fourth-order valence-corrected chi connectivity index (χ4v) is 4.28. The summed E-state index contributed by atoms with van der Waals surface area (Å²) in [4.78, 5) is 29.8. The third-order valence-electron chi connectivity index (χ3n) is 4.30. The molecule has 0 unspecified atom stereocenters. The number of halogens is 3. The number of amides is 1. The summed E-state index contributed by atoms with van der Waals surface area (Å²) in [5.74, 6) is -0.205. The second-order valence-electron chi connectivity index (χ2n) is 6.40. The molecule has 5 nitrogen and oxygen atoms in total. The molecule has 1 saturated carbocycles. The summed E-state index contributed by atoms with van der Waals surface area (Å²) < 4.78 is 1.70. The van der Waals surface area contributed by atoms with Crippen LogP contribution in [0.5, 0.6) is 0 Å². The van der Waals surface area contributed by atoms with Crippen molar-refractivity contribution in [2.24, 2.45) is 0 Å². The van der Waals surface area contributed by atoms with Gasteiger partial charge in [-0.25, -0.2) is 4.98 Å². The quantitative estimate of drug-likeness (QED) is 0.317. The zero-order valence-electron chi connectivity index (χ0n) is 14.4. The van der Waals surface area contributed by atoms with Crippen molar-refractivity contribution in [3.63, 3.8) is 0 Å². The second-order valence-corrected chi connectivity index (χ2v) is 8.56. The molecule has 1 aromatic heterocycles. The predicted octanol–water partition coefficient (Wildman–Crippen LogP) is 5.42. The molecule has 3 aromatic rings. The Morgan fingerprint density at radius 1 is 1.14 bits per heavy atom. The Bertz CT molecular complexity index is 1150. The van der Waals surface area contributed by atoms with Crippen molar-refractivity contribution in [2.45, 2.75) is 24.0 Å². The maximum atomic E-state index is 12.8. The van der Waals surface area contributed by atoms with Crippen LogP contribution in [-0.2, 0) is 4.79 Å². The molecule has 1 aliphatic carbocycles. The van der Waals surface area contributed by atoms with Crippen molar-refractivity contribution < 1.29 is 4.79 Å². The number of nitrogens with one attached hydrogen (secondary N) is 1. The van der Waals surface area contributed by atoms with Crippen LogP contribution in [0.15, 0.2) is 46.3 Å². The second kappa shape index (κ2) is 7.95. The molecular weight excluding hydrogens is 441 g/mol. The van der Waals surface area contributed by atoms with Gasteiger partial charge in [-0.3, -0.25) is 14.2 Å². The number of nitrogens with zero attached hydrogens (tertiary/aromatic N) is 2. The van der Waals surface area contributed by atoms with E-state index in [1.54, 1.807) is 16.7 Å². The number of thioether (sulfide) groups is 1. The van der Waals surface area contributed by atoms with E-state index in [1.807, 2.05) is 12.1 Å². The van der Waals surface area contributed by atoms with Crippen LogP contribution in [0.3, 0.4) is 0 Å². The first-order chi connectivity index (χ1) is 13.4. The molecule has 0 radical (unpaired) electrons. The summed E-state index contributed by atoms with van der Waals surface area (Å²) >= 11 is 19.2. The number of carbonyl (C=O) groups is 1. The molecule has 28 heavy (non-hydrogen) atoms. The molecule has 0 atom stereocenters. The largest absolute Gasteiger partial charge is 0.324 e. The van der Waals surface area contributed by atoms with Crippen LogP contribution in [0, 0.1) is 0 Å². The van der Waals surface area contributed by atoms with E-state index in [1.165, 1.54) is 23.9 Å². The van der Waals surface area contributed by atoms with Crippen LogP contribution in [-0.4, -0.2) is 21.2 Å². The average molecular weight is 455 g/mol. The third-order valence-corrected chi connectivity index (χ3v) is 6.29. The SMILES string of the molecule is O=C(CSc1nc2ccccc2c(=O)n1C1CC1)Nc1cc(Cl)c(Cl)cc1Cl. The van der Waals surface area contributed by atoms with Gasteiger partial charge in [-0.15, -0.1) is 0 Å². The molecule has 0 bridgehead atoms. The van der Waals surface area contributed by atoms with Gasteiger partial charge in [0.15, 0.2) is 5.16 Å². The van der Waals surface area contributed by atoms with Crippen molar-refractivity contribution in [3.8, 4) is 0 Å². The maximum Gasteiger partial charge on any atom is 0.262 e. The van der Waals surface area contributed by atoms with Gasteiger partial charge in [0.05, 0.1) is 37.4 Å². The van der Waals surface area contributed by atoms with Gasteiger partial charge in [-0.1, -0.05) is 58.7 Å². The molecule has 4 rings (SSSR count). The smallest absolute Gasteiger partial charge is 0.262 e. The number of para-hydroxylation sites is 1. The van der Waals surface area contributed by atoms with E-state index in [4.69, 9.17) is 34.8 Å². The van der Waals surface area contributed by atoms with E-state index in [0.717, 1.165) is 12.8 Å². The summed E-state index contributed by atoms with van der Waals surface area (Å²) in [6, 6.07) is 10.4. The van der Waals surface area contributed by atoms with Crippen LogP contribution >= 0.6 is 46.6 Å². The van der Waals surface area contributed by atoms with E-state index >= 15 is 0 Å². The highest BCUT2D eigenvalue weighted by atomic mass is 35.5. The number of hydrogen-bond acceptors (Lipinski definition) is 4. The number of benzene rings is 2. The summed E-state index contributed by atoms with van der Waals surface area (Å²) in [7, 11) is 0. The monoisotopic (exact) mass is 453 g/mol. The van der Waals surface area contributed by atoms with Crippen molar-refractivity contribution in [3.05, 3.63) is 61.8 Å². The molecule has 0 saturated heterocycles. The van der Waals surface area contributed by atoms with Crippen LogP contribution in [0.25, 0.3) is 10.9 Å². The Balaban J connectivity index is 1.56. The third kappa shape index (κ3) is 4.01. The van der Waals surface area contributed by atoms with Crippen molar-refractivity contribution in [1.29, 1.82) is 0 Å². The molecule has 0 aliphatic heterocycles. The normalized spacial score (nSPS) is 13.7. The van der Waals surface area contributed by atoms with E-state index in [9.17, 15) is 9.59 Å². The van der Waals surface area contributed by atoms with E-state index in [-0.39, 0.29) is 23.3 Å². The lowest BCUT2D eigenvalue weighted by Crippen LogP contribution is -2.23. The topological polar surface area (TPSA) is 64.0 Å². The van der Waals surface area contributed by atoms with Gasteiger partial charge in [0.25, 0.3) is 5.56 Å². The standard InChI is InChI=1S/C19H14Cl3N3O2S/c20-12-7-14(22)16(8-13(12)21)23-17(26)9-28-19-24-15-4-2-1-3-11(15)18(27)25(19)10-5-6-10/h1-4,7-8,10H,5-6,9H2,(H,23,26). The van der Waals surface area contributed by atoms with Gasteiger partial charge in [-0.2, -0.15) is 0 Å². The van der Waals surface area contributed by atoms with Crippen LogP contribution in [0.2, 0.25) is 15.1 Å². The Kier molecular flexibility index (Phi) is 5.56. The predicted molar refractivity (Wildman–Crippen MR) is 115 cm³/mol. The Labute approximate surface area is 180 Å². The fraction of sp³-hybridized carbons (Fsp3) is 0.211. The minimum absolute atomic E-state index is 0.0662. The molecule has 1 amide bonds. The first kappa shape index (κ1) is 19.6. The van der Waals surface area contributed by atoms with E-state index in [2.05, 4.69) is 10.3 Å². The minimum Gasteiger partial charge on any atom is -0.324 e. The van der Waals surface area contributed by atoms with Gasteiger partial charge in [0.1, 0.15) is 0 Å². The average Bonchev–Trinajstić information content (AvgIpc) is 3.49. The van der Waals surface area contributed by atoms with E-state index in [0.29, 0.717) is 36.8 Å². The van der Waals surface area contributed by atoms with Gasteiger partial charge >= 0.3 is 0 Å². The number of carbonyl (C=O) groups excluding carboxylic acids is 1. The van der Waals surface area contributed by atoms with Gasteiger partial charge in [0, 0.05) is 6.04 Å². The zero-order valence-corrected chi connectivity index (χ0v) is 17.5. The van der Waals surface area contributed by atoms with Crippen LogP contribution in [0.1, 0.15) is 18.9 Å². The first-order valence-corrected chi connectivity index (χ1v) is 10.6. The molecular formula is C19H14Cl3N3O2S. The summed E-state index contributed by atoms with van der Waals surface area (Å²) in [6.07, 6.45) is 1.89. The molecule has 1 aliphatic rings. The Morgan fingerprint density at radius 3 is 2.61 bits per heavy atom. The molecule has 9 heteroatoms. The summed E-state index contributed by atoms with van der Waals surface area (Å²) in [5.41, 5.74) is 0.941. The summed E-state index contributed by atoms with van der Waals surface area (Å²) in [5, 5.41) is 4.76.